The summed E-state index contributed by atoms with van der Waals surface area (Å²) < 4.78 is 37.5. The molecule has 1 N–H and O–H groups in total. The number of cyclic esters (lactones) is 1. The van der Waals surface area contributed by atoms with Crippen LogP contribution < -0.4 is 10.2 Å². The molecule has 11 nitrogen and oxygen atoms in total. The number of ether oxygens (including phenoxy) is 1. The highest BCUT2D eigenvalue weighted by Gasteiger charge is 2.33. The average molecular weight is 482 g/mol. The Morgan fingerprint density at radius 2 is 2.34 bits per heavy atom. The summed E-state index contributed by atoms with van der Waals surface area (Å²) >= 11 is 1.25. The van der Waals surface area contributed by atoms with Crippen molar-refractivity contribution in [3.05, 3.63) is 36.4 Å². The first-order valence-electron chi connectivity index (χ1n) is 9.48. The van der Waals surface area contributed by atoms with Crippen molar-refractivity contribution in [2.75, 3.05) is 42.4 Å². The Bertz CT molecular complexity index is 1070. The summed E-state index contributed by atoms with van der Waals surface area (Å²) in [5.74, 6) is -0.366. The second kappa shape index (κ2) is 11.6. The molecule has 2 aromatic rings. The van der Waals surface area contributed by atoms with Gasteiger partial charge < -0.3 is 18.6 Å². The third kappa shape index (κ3) is 6.50. The summed E-state index contributed by atoms with van der Waals surface area (Å²) in [6.45, 7) is 0.871. The Morgan fingerprint density at radius 3 is 3.03 bits per heavy atom. The topological polar surface area (TPSA) is 126 Å². The second-order valence-electron chi connectivity index (χ2n) is 6.44. The maximum absolute atomic E-state index is 14.6. The molecule has 1 aliphatic heterocycles. The van der Waals surface area contributed by atoms with Crippen LogP contribution in [0.15, 0.2) is 44.9 Å². The first-order chi connectivity index (χ1) is 15.5. The number of hydrogen-bond donors (Lipinski definition) is 1. The van der Waals surface area contributed by atoms with Crippen molar-refractivity contribution in [3.8, 4) is 0 Å². The van der Waals surface area contributed by atoms with Gasteiger partial charge in [0.05, 0.1) is 30.7 Å². The number of aliphatic imine (C=N–C) groups is 2. The van der Waals surface area contributed by atoms with E-state index in [0.29, 0.717) is 17.4 Å². The van der Waals surface area contributed by atoms with E-state index in [0.717, 1.165) is 0 Å². The number of halogens is 1. The third-order valence-corrected chi connectivity index (χ3v) is 5.85. The molecule has 1 aliphatic rings. The molecule has 0 aliphatic carbocycles. The molecule has 172 valence electrons. The number of amides is 1. The first kappa shape index (κ1) is 23.7. The van der Waals surface area contributed by atoms with Crippen LogP contribution >= 0.6 is 11.8 Å². The third-order valence-electron chi connectivity index (χ3n) is 4.24. The fraction of sp³-hybridized carbons (Fsp3) is 0.389. The largest absolute Gasteiger partial charge is 0.444 e. The van der Waals surface area contributed by atoms with Crippen LogP contribution in [-0.4, -0.2) is 70.8 Å². The van der Waals surface area contributed by atoms with Gasteiger partial charge in [0.2, 0.25) is 0 Å². The van der Waals surface area contributed by atoms with E-state index in [1.54, 1.807) is 30.2 Å². The first-order valence-corrected chi connectivity index (χ1v) is 12.0. The maximum Gasteiger partial charge on any atom is 0.414 e. The van der Waals surface area contributed by atoms with Crippen LogP contribution in [0.5, 0.6) is 0 Å². The van der Waals surface area contributed by atoms with Crippen LogP contribution in [0.4, 0.5) is 20.6 Å². The highest BCUT2D eigenvalue weighted by molar-refractivity contribution is 8.13. The molecule has 3 rings (SSSR count). The molecule has 1 aromatic carbocycles. The molecule has 1 saturated heterocycles. The number of nitrogens with one attached hydrogen (secondary N) is 1. The van der Waals surface area contributed by atoms with Crippen LogP contribution in [0.1, 0.15) is 0 Å². The quantitative estimate of drug-likeness (QED) is 0.348. The molecule has 0 radical (unpaired) electrons. The lowest BCUT2D eigenvalue weighted by atomic mass is 10.2. The SMILES string of the molecule is CN=CN=C(N=[S-](=O)CCNc1ccc(N2CC(Cn3ccnn3)OC2=O)cc1F)SC. The zero-order chi connectivity index (χ0) is 22.9. The van der Waals surface area contributed by atoms with Gasteiger partial charge in [-0.05, 0) is 31.0 Å². The minimum absolute atomic E-state index is 0.173. The molecule has 1 amide bonds. The van der Waals surface area contributed by atoms with Gasteiger partial charge in [0, 0.05) is 13.2 Å². The highest BCUT2D eigenvalue weighted by atomic mass is 32.2. The zero-order valence-electron chi connectivity index (χ0n) is 17.4. The number of anilines is 2. The van der Waals surface area contributed by atoms with Gasteiger partial charge >= 0.3 is 6.09 Å². The molecule has 1 unspecified atom stereocenters. The van der Waals surface area contributed by atoms with Gasteiger partial charge in [-0.3, -0.25) is 9.89 Å². The van der Waals surface area contributed by atoms with Crippen molar-refractivity contribution >= 4 is 51.3 Å². The van der Waals surface area contributed by atoms with Crippen molar-refractivity contribution in [1.29, 1.82) is 0 Å². The summed E-state index contributed by atoms with van der Waals surface area (Å²) in [6.07, 6.45) is 5.34. The number of amidine groups is 1. The Kier molecular flexibility index (Phi) is 8.56. The number of carbonyl (C=O) groups is 1. The standard InChI is InChI=1S/C18H22FN8O3S2/c1-20-12-22-17(31-2)24-32(29)8-6-21-16-4-3-13(9-15(16)19)27-11-14(30-18(27)28)10-26-7-5-23-25-26/h3-5,7,9,12,14,21H,6,8,10-11H2,1-2H3/q-1. The van der Waals surface area contributed by atoms with E-state index in [1.165, 1.54) is 41.3 Å². The Hall–Kier alpha value is -3.00. The molecule has 2 heterocycles. The predicted molar refractivity (Wildman–Crippen MR) is 123 cm³/mol. The number of thioether (sulfide) groups is 1. The smallest absolute Gasteiger partial charge is 0.414 e. The molecule has 1 atom stereocenters. The van der Waals surface area contributed by atoms with Crippen molar-refractivity contribution in [1.82, 2.24) is 15.0 Å². The molecule has 14 heteroatoms. The number of rotatable bonds is 8. The molecule has 32 heavy (non-hydrogen) atoms. The normalized spacial score (nSPS) is 17.8. The van der Waals surface area contributed by atoms with Gasteiger partial charge in [0.1, 0.15) is 18.3 Å². The molecule has 0 spiro atoms. The number of hydrogen-bond acceptors (Lipinski definition) is 9. The maximum atomic E-state index is 14.6. The van der Waals surface area contributed by atoms with Crippen LogP contribution in [0.3, 0.4) is 0 Å². The molecule has 0 bridgehead atoms. The van der Waals surface area contributed by atoms with E-state index >= 15 is 0 Å². The van der Waals surface area contributed by atoms with Gasteiger partial charge in [-0.2, -0.15) is 10.6 Å². The lowest BCUT2D eigenvalue weighted by Crippen LogP contribution is -2.26. The zero-order valence-corrected chi connectivity index (χ0v) is 19.1. The van der Waals surface area contributed by atoms with Crippen molar-refractivity contribution < 1.29 is 18.1 Å². The predicted octanol–water partition coefficient (Wildman–Crippen LogP) is 2.38. The Labute approximate surface area is 190 Å². The van der Waals surface area contributed by atoms with Gasteiger partial charge in [-0.15, -0.1) is 5.10 Å². The van der Waals surface area contributed by atoms with Crippen molar-refractivity contribution in [2.45, 2.75) is 12.6 Å². The number of benzene rings is 1. The summed E-state index contributed by atoms with van der Waals surface area (Å²) in [7, 11) is 0.0585. The van der Waals surface area contributed by atoms with Crippen molar-refractivity contribution in [2.24, 2.45) is 14.3 Å². The monoisotopic (exact) mass is 481 g/mol. The van der Waals surface area contributed by atoms with Crippen molar-refractivity contribution in [3.63, 3.8) is 0 Å². The van der Waals surface area contributed by atoms with Crippen LogP contribution in [-0.2, 0) is 26.1 Å². The van der Waals surface area contributed by atoms with Gasteiger partial charge in [0.25, 0.3) is 0 Å². The number of carbonyl (C=O) groups excluding carboxylic acids is 1. The summed E-state index contributed by atoms with van der Waals surface area (Å²) in [4.78, 5) is 21.2. The fourth-order valence-corrected chi connectivity index (χ4v) is 4.10. The summed E-state index contributed by atoms with van der Waals surface area (Å²) in [5.41, 5.74) is 0.616. The van der Waals surface area contributed by atoms with E-state index in [2.05, 4.69) is 30.0 Å². The van der Waals surface area contributed by atoms with E-state index in [9.17, 15) is 13.4 Å². The van der Waals surface area contributed by atoms with E-state index in [-0.39, 0.29) is 24.5 Å². The lowest BCUT2D eigenvalue weighted by Gasteiger charge is -2.15. The van der Waals surface area contributed by atoms with Gasteiger partial charge in [-0.25, -0.2) is 18.9 Å². The Morgan fingerprint density at radius 1 is 1.50 bits per heavy atom. The minimum Gasteiger partial charge on any atom is -0.444 e. The van der Waals surface area contributed by atoms with E-state index in [1.807, 2.05) is 0 Å². The minimum atomic E-state index is -1.52. The lowest BCUT2D eigenvalue weighted by molar-refractivity contribution is 0.129. The Balaban J connectivity index is 1.56. The molecule has 0 saturated carbocycles. The number of aromatic nitrogens is 3. The summed E-state index contributed by atoms with van der Waals surface area (Å²) in [6, 6.07) is 4.40. The molecular formula is C18H22FN8O3S2-. The number of nitrogens with zero attached hydrogens (tertiary/aromatic N) is 7. The molecular weight excluding hydrogens is 459 g/mol. The van der Waals surface area contributed by atoms with Crippen LogP contribution in [0.2, 0.25) is 0 Å². The van der Waals surface area contributed by atoms with Crippen LogP contribution in [0, 0.1) is 5.82 Å². The van der Waals surface area contributed by atoms with E-state index in [4.69, 9.17) is 4.74 Å². The fourth-order valence-electron chi connectivity index (χ4n) is 2.81. The second-order valence-corrected chi connectivity index (χ2v) is 8.45. The molecule has 1 aromatic heterocycles. The molecule has 1 fully saturated rings. The van der Waals surface area contributed by atoms with E-state index < -0.39 is 28.6 Å². The van der Waals surface area contributed by atoms with Gasteiger partial charge in [0.15, 0.2) is 5.17 Å². The average Bonchev–Trinajstić information content (AvgIpc) is 3.41. The highest BCUT2D eigenvalue weighted by Crippen LogP contribution is 2.26. The van der Waals surface area contributed by atoms with Crippen LogP contribution in [0.25, 0.3) is 0 Å². The van der Waals surface area contributed by atoms with Gasteiger partial charge in [-0.1, -0.05) is 22.7 Å². The summed E-state index contributed by atoms with van der Waals surface area (Å²) in [5, 5.41) is 10.8.